The van der Waals surface area contributed by atoms with Gasteiger partial charge in [0.25, 0.3) is 0 Å². The Hall–Kier alpha value is -7.26. The van der Waals surface area contributed by atoms with Gasteiger partial charge >= 0.3 is 0 Å². The zero-order valence-electron chi connectivity index (χ0n) is 34.1. The average molecular weight is 796 g/mol. The molecule has 0 N–H and O–H groups in total. The first kappa shape index (κ1) is 35.7. The number of hydrogen-bond acceptors (Lipinski definition) is 2. The topological polar surface area (TPSA) is 3.24 Å². The Morgan fingerprint density at radius 1 is 0.361 bits per heavy atom. The molecule has 1 aromatic heterocycles. The molecule has 0 bridgehead atoms. The number of benzene rings is 10. The molecule has 0 fully saturated rings. The third kappa shape index (κ3) is 5.60. The van der Waals surface area contributed by atoms with Gasteiger partial charge < -0.3 is 4.90 Å². The van der Waals surface area contributed by atoms with Gasteiger partial charge in [0.2, 0.25) is 0 Å². The lowest BCUT2D eigenvalue weighted by atomic mass is 9.82. The number of thiophene rings is 1. The lowest BCUT2D eigenvalue weighted by Gasteiger charge is -2.32. The van der Waals surface area contributed by atoms with Crippen LogP contribution in [0.2, 0.25) is 0 Å². The van der Waals surface area contributed by atoms with Gasteiger partial charge in [-0.15, -0.1) is 11.3 Å². The summed E-state index contributed by atoms with van der Waals surface area (Å²) in [5, 5.41) is 7.57. The van der Waals surface area contributed by atoms with Crippen LogP contribution in [0.3, 0.4) is 0 Å². The molecule has 12 rings (SSSR count). The predicted molar refractivity (Wildman–Crippen MR) is 263 cm³/mol. The van der Waals surface area contributed by atoms with E-state index >= 15 is 0 Å². The predicted octanol–water partition coefficient (Wildman–Crippen LogP) is 17.1. The van der Waals surface area contributed by atoms with Crippen LogP contribution in [-0.4, -0.2) is 0 Å². The van der Waals surface area contributed by atoms with Gasteiger partial charge in [0.05, 0.1) is 5.69 Å². The van der Waals surface area contributed by atoms with Crippen LogP contribution in [0.25, 0.3) is 86.2 Å². The van der Waals surface area contributed by atoms with E-state index in [0.29, 0.717) is 0 Å². The van der Waals surface area contributed by atoms with Crippen molar-refractivity contribution in [3.05, 3.63) is 223 Å². The van der Waals surface area contributed by atoms with E-state index in [-0.39, 0.29) is 5.41 Å². The minimum Gasteiger partial charge on any atom is -0.309 e. The fraction of sp³-hybridized carbons (Fsp3) is 0.0508. The Labute approximate surface area is 360 Å². The van der Waals surface area contributed by atoms with Crippen LogP contribution in [0.15, 0.2) is 212 Å². The van der Waals surface area contributed by atoms with Gasteiger partial charge in [0, 0.05) is 47.9 Å². The molecule has 10 aromatic carbocycles. The fourth-order valence-electron chi connectivity index (χ4n) is 10.1. The summed E-state index contributed by atoms with van der Waals surface area (Å²) in [6.07, 6.45) is 0. The molecule has 1 heterocycles. The highest BCUT2D eigenvalue weighted by Gasteiger charge is 2.36. The monoisotopic (exact) mass is 795 g/mol. The van der Waals surface area contributed by atoms with Crippen LogP contribution in [0.4, 0.5) is 17.1 Å². The SMILES string of the molecule is CC1(C)c2ccccc2-c2ccc(N(c3ccc(-c4cccc5c4sc4ccccc45)cc3)c3c(-c4cccc(-c5ccccc5)c4)c4ccccc4c4ccccc34)cc21. The lowest BCUT2D eigenvalue weighted by Crippen LogP contribution is -2.17. The summed E-state index contributed by atoms with van der Waals surface area (Å²) in [7, 11) is 0. The minimum atomic E-state index is -0.154. The zero-order chi connectivity index (χ0) is 40.7. The maximum Gasteiger partial charge on any atom is 0.0624 e. The summed E-state index contributed by atoms with van der Waals surface area (Å²) in [5.74, 6) is 0. The molecule has 0 radical (unpaired) electrons. The molecule has 0 amide bonds. The quantitative estimate of drug-likeness (QED) is 0.152. The number of hydrogen-bond donors (Lipinski definition) is 0. The fourth-order valence-corrected chi connectivity index (χ4v) is 11.4. The van der Waals surface area contributed by atoms with E-state index in [2.05, 4.69) is 231 Å². The van der Waals surface area contributed by atoms with Crippen molar-refractivity contribution < 1.29 is 0 Å². The maximum absolute atomic E-state index is 2.54. The van der Waals surface area contributed by atoms with Gasteiger partial charge in [0.1, 0.15) is 0 Å². The molecule has 0 unspecified atom stereocenters. The van der Waals surface area contributed by atoms with E-state index in [9.17, 15) is 0 Å². The second-order valence-electron chi connectivity index (χ2n) is 16.8. The number of rotatable bonds is 6. The largest absolute Gasteiger partial charge is 0.309 e. The van der Waals surface area contributed by atoms with Crippen molar-refractivity contribution in [3.63, 3.8) is 0 Å². The Morgan fingerprint density at radius 3 is 1.75 bits per heavy atom. The van der Waals surface area contributed by atoms with Crippen LogP contribution in [0.5, 0.6) is 0 Å². The van der Waals surface area contributed by atoms with Gasteiger partial charge in [0.15, 0.2) is 0 Å². The van der Waals surface area contributed by atoms with Gasteiger partial charge in [-0.05, 0) is 103 Å². The first-order chi connectivity index (χ1) is 30.0. The average Bonchev–Trinajstić information content (AvgIpc) is 3.81. The molecular formula is C59H41NS. The summed E-state index contributed by atoms with van der Waals surface area (Å²) in [5.41, 5.74) is 15.9. The summed E-state index contributed by atoms with van der Waals surface area (Å²) < 4.78 is 2.65. The minimum absolute atomic E-state index is 0.154. The molecule has 288 valence electrons. The van der Waals surface area contributed by atoms with E-state index in [1.807, 2.05) is 11.3 Å². The second kappa shape index (κ2) is 13.9. The van der Waals surface area contributed by atoms with E-state index in [1.165, 1.54) is 103 Å². The highest BCUT2D eigenvalue weighted by Crippen LogP contribution is 2.54. The van der Waals surface area contributed by atoms with Crippen molar-refractivity contribution in [2.75, 3.05) is 4.90 Å². The van der Waals surface area contributed by atoms with E-state index < -0.39 is 0 Å². The molecule has 61 heavy (non-hydrogen) atoms. The van der Waals surface area contributed by atoms with E-state index in [0.717, 1.165) is 11.4 Å². The van der Waals surface area contributed by atoms with Gasteiger partial charge in [-0.3, -0.25) is 0 Å². The Bertz CT molecular complexity index is 3500. The van der Waals surface area contributed by atoms with Gasteiger partial charge in [-0.25, -0.2) is 0 Å². The summed E-state index contributed by atoms with van der Waals surface area (Å²) in [6, 6.07) is 78.8. The van der Waals surface area contributed by atoms with Crippen molar-refractivity contribution in [1.29, 1.82) is 0 Å². The molecule has 1 aliphatic carbocycles. The smallest absolute Gasteiger partial charge is 0.0624 e. The van der Waals surface area contributed by atoms with Crippen molar-refractivity contribution in [1.82, 2.24) is 0 Å². The molecule has 2 heteroatoms. The molecule has 0 saturated heterocycles. The molecule has 0 spiro atoms. The molecule has 1 nitrogen and oxygen atoms in total. The highest BCUT2D eigenvalue weighted by molar-refractivity contribution is 7.26. The third-order valence-corrected chi connectivity index (χ3v) is 14.3. The Kier molecular flexibility index (Phi) is 8.13. The number of nitrogens with zero attached hydrogens (tertiary/aromatic N) is 1. The normalized spacial score (nSPS) is 12.9. The molecule has 0 aliphatic heterocycles. The number of anilines is 3. The van der Waals surface area contributed by atoms with E-state index in [4.69, 9.17) is 0 Å². The summed E-state index contributed by atoms with van der Waals surface area (Å²) in [6.45, 7) is 4.75. The van der Waals surface area contributed by atoms with Gasteiger partial charge in [-0.2, -0.15) is 0 Å². The van der Waals surface area contributed by atoms with Gasteiger partial charge in [-0.1, -0.05) is 190 Å². The number of fused-ring (bicyclic) bond motifs is 9. The zero-order valence-corrected chi connectivity index (χ0v) is 34.9. The van der Waals surface area contributed by atoms with Crippen molar-refractivity contribution in [3.8, 4) is 44.5 Å². The van der Waals surface area contributed by atoms with Crippen LogP contribution in [0.1, 0.15) is 25.0 Å². The maximum atomic E-state index is 2.54. The van der Waals surface area contributed by atoms with Crippen molar-refractivity contribution in [2.24, 2.45) is 0 Å². The van der Waals surface area contributed by atoms with Crippen molar-refractivity contribution >= 4 is 70.1 Å². The molecular weight excluding hydrogens is 755 g/mol. The molecule has 11 aromatic rings. The second-order valence-corrected chi connectivity index (χ2v) is 17.9. The van der Waals surface area contributed by atoms with E-state index in [1.54, 1.807) is 0 Å². The molecule has 1 aliphatic rings. The van der Waals surface area contributed by atoms with Crippen molar-refractivity contribution in [2.45, 2.75) is 19.3 Å². The first-order valence-corrected chi connectivity index (χ1v) is 22.0. The van der Waals surface area contributed by atoms with Crippen LogP contribution >= 0.6 is 11.3 Å². The standard InChI is InChI=1S/C59H41NS/c1-59(2)53-28-12-10-22-47(53)48-35-34-43(37-54(48)59)60(42-32-30-39(31-33-42)44-26-15-27-52-49-23-11-13-29-55(49)61-58(44)52)57-51-25-9-7-21-46(51)45-20-6-8-24-50(45)56(57)41-19-14-18-40(36-41)38-16-4-3-5-17-38/h3-37H,1-2H3. The highest BCUT2D eigenvalue weighted by atomic mass is 32.1. The van der Waals surface area contributed by atoms with Crippen LogP contribution < -0.4 is 4.90 Å². The van der Waals surface area contributed by atoms with Crippen LogP contribution in [-0.2, 0) is 5.41 Å². The summed E-state index contributed by atoms with van der Waals surface area (Å²) in [4.78, 5) is 2.54. The Balaban J connectivity index is 1.14. The summed E-state index contributed by atoms with van der Waals surface area (Å²) >= 11 is 1.88. The first-order valence-electron chi connectivity index (χ1n) is 21.2. The molecule has 0 atom stereocenters. The lowest BCUT2D eigenvalue weighted by molar-refractivity contribution is 0.660. The third-order valence-electron chi connectivity index (χ3n) is 13.1. The molecule has 0 saturated carbocycles. The van der Waals surface area contributed by atoms with Crippen LogP contribution in [0, 0.1) is 0 Å². The Morgan fingerprint density at radius 2 is 0.934 bits per heavy atom.